The number of benzene rings is 2. The highest BCUT2D eigenvalue weighted by molar-refractivity contribution is 5.96. The van der Waals surface area contributed by atoms with Gasteiger partial charge in [-0.3, -0.25) is 4.79 Å². The van der Waals surface area contributed by atoms with Crippen molar-refractivity contribution < 1.29 is 14.3 Å². The summed E-state index contributed by atoms with van der Waals surface area (Å²) >= 11 is 0. The van der Waals surface area contributed by atoms with Crippen molar-refractivity contribution in [3.63, 3.8) is 0 Å². The molecule has 0 bridgehead atoms. The molecule has 4 aromatic rings. The predicted octanol–water partition coefficient (Wildman–Crippen LogP) is 3.15. The first-order chi connectivity index (χ1) is 16.7. The van der Waals surface area contributed by atoms with Crippen LogP contribution in [0.1, 0.15) is 30.7 Å². The topological polar surface area (TPSA) is 103 Å². The van der Waals surface area contributed by atoms with Gasteiger partial charge in [0.25, 0.3) is 0 Å². The van der Waals surface area contributed by atoms with Gasteiger partial charge in [0.1, 0.15) is 11.8 Å². The smallest absolute Gasteiger partial charge is 0.242 e. The number of rotatable bonds is 5. The fourth-order valence-corrected chi connectivity index (χ4v) is 4.62. The molecular weight excluding hydrogens is 432 g/mol. The molecule has 2 N–H and O–H groups in total. The average molecular weight is 459 g/mol. The number of carbonyl (C=O) groups excluding carboxylic acids is 1. The van der Waals surface area contributed by atoms with Crippen LogP contribution in [-0.4, -0.2) is 58.4 Å². The van der Waals surface area contributed by atoms with Gasteiger partial charge >= 0.3 is 0 Å². The third-order valence-corrected chi connectivity index (χ3v) is 6.60. The lowest BCUT2D eigenvalue weighted by atomic mass is 9.94. The Balaban J connectivity index is 1.52. The number of methoxy groups -OCH3 is 1. The minimum Gasteiger partial charge on any atom is -0.497 e. The van der Waals surface area contributed by atoms with E-state index in [1.165, 1.54) is 0 Å². The molecular formula is C25H26N6O3. The second-order valence-electron chi connectivity index (χ2n) is 8.79. The van der Waals surface area contributed by atoms with E-state index in [2.05, 4.69) is 16.7 Å². The third-order valence-electron chi connectivity index (χ3n) is 6.60. The Hall–Kier alpha value is -3.72. The van der Waals surface area contributed by atoms with Gasteiger partial charge in [-0.15, -0.1) is 5.10 Å². The molecule has 174 valence electrons. The van der Waals surface area contributed by atoms with Crippen molar-refractivity contribution in [1.29, 1.82) is 0 Å². The van der Waals surface area contributed by atoms with E-state index < -0.39 is 0 Å². The van der Waals surface area contributed by atoms with Crippen molar-refractivity contribution in [2.24, 2.45) is 0 Å². The van der Waals surface area contributed by atoms with Gasteiger partial charge in [0.2, 0.25) is 11.9 Å². The van der Waals surface area contributed by atoms with E-state index >= 15 is 0 Å². The number of hydrogen-bond acceptors (Lipinski definition) is 7. The zero-order valence-corrected chi connectivity index (χ0v) is 19.0. The van der Waals surface area contributed by atoms with Gasteiger partial charge in [0.05, 0.1) is 25.8 Å². The normalized spacial score (nSPS) is 19.0. The van der Waals surface area contributed by atoms with Gasteiger partial charge in [-0.25, -0.2) is 9.97 Å². The van der Waals surface area contributed by atoms with Gasteiger partial charge in [0.15, 0.2) is 11.5 Å². The zero-order chi connectivity index (χ0) is 23.1. The van der Waals surface area contributed by atoms with E-state index in [1.807, 2.05) is 36.4 Å². The second-order valence-corrected chi connectivity index (χ2v) is 8.79. The van der Waals surface area contributed by atoms with E-state index in [0.717, 1.165) is 52.7 Å². The van der Waals surface area contributed by atoms with Crippen LogP contribution in [0.25, 0.3) is 27.9 Å². The molecule has 2 aromatic heterocycles. The summed E-state index contributed by atoms with van der Waals surface area (Å²) in [4.78, 5) is 22.5. The molecule has 2 aliphatic rings. The number of ether oxygens (including phenoxy) is 2. The van der Waals surface area contributed by atoms with Gasteiger partial charge in [-0.2, -0.15) is 4.52 Å². The minimum atomic E-state index is -0.368. The lowest BCUT2D eigenvalue weighted by Gasteiger charge is -2.27. The molecule has 1 amide bonds. The number of aromatic nitrogens is 4. The quantitative estimate of drug-likeness (QED) is 0.474. The van der Waals surface area contributed by atoms with Crippen LogP contribution >= 0.6 is 0 Å². The fraction of sp³-hybridized carbons (Fsp3) is 0.360. The molecule has 0 unspecified atom stereocenters. The summed E-state index contributed by atoms with van der Waals surface area (Å²) in [5.74, 6) is 2.17. The fourth-order valence-electron chi connectivity index (χ4n) is 4.62. The van der Waals surface area contributed by atoms with Crippen molar-refractivity contribution in [3.8, 4) is 17.1 Å². The molecule has 2 aromatic carbocycles. The Kier molecular flexibility index (Phi) is 5.26. The summed E-state index contributed by atoms with van der Waals surface area (Å²) in [6, 6.07) is 13.4. The van der Waals surface area contributed by atoms with E-state index in [4.69, 9.17) is 24.5 Å². The van der Waals surface area contributed by atoms with Crippen LogP contribution in [0.15, 0.2) is 42.5 Å². The first kappa shape index (κ1) is 20.9. The number of amides is 1. The Morgan fingerprint density at radius 2 is 1.97 bits per heavy atom. The first-order valence-electron chi connectivity index (χ1n) is 11.7. The van der Waals surface area contributed by atoms with Crippen molar-refractivity contribution in [2.45, 2.75) is 31.2 Å². The number of carbonyl (C=O) groups is 1. The van der Waals surface area contributed by atoms with E-state index in [9.17, 15) is 4.79 Å². The molecule has 0 spiro atoms. The number of hydrogen-bond donors (Lipinski definition) is 2. The molecule has 9 nitrogen and oxygen atoms in total. The van der Waals surface area contributed by atoms with Crippen LogP contribution in [0.3, 0.4) is 0 Å². The Morgan fingerprint density at radius 1 is 1.12 bits per heavy atom. The highest BCUT2D eigenvalue weighted by Gasteiger charge is 2.27. The summed E-state index contributed by atoms with van der Waals surface area (Å²) in [5.41, 5.74) is 3.57. The van der Waals surface area contributed by atoms with Crippen LogP contribution in [0, 0.1) is 0 Å². The van der Waals surface area contributed by atoms with E-state index in [0.29, 0.717) is 37.4 Å². The van der Waals surface area contributed by atoms with Crippen LogP contribution in [-0.2, 0) is 9.53 Å². The summed E-state index contributed by atoms with van der Waals surface area (Å²) in [5, 5.41) is 12.1. The van der Waals surface area contributed by atoms with Crippen LogP contribution in [0.5, 0.6) is 5.75 Å². The molecule has 9 heteroatoms. The highest BCUT2D eigenvalue weighted by Crippen LogP contribution is 2.34. The SMILES string of the molecule is COc1ccc(-c2nc3c4c(C5COC5)cccc4nc(N[C@@H]4CCCCNC4=O)n3n2)cc1. The van der Waals surface area contributed by atoms with E-state index in [-0.39, 0.29) is 11.9 Å². The lowest BCUT2D eigenvalue weighted by molar-refractivity contribution is -0.121. The molecule has 1 atom stereocenters. The first-order valence-corrected chi connectivity index (χ1v) is 11.7. The van der Waals surface area contributed by atoms with Gasteiger partial charge in [0, 0.05) is 23.4 Å². The summed E-state index contributed by atoms with van der Waals surface area (Å²) in [7, 11) is 1.64. The largest absolute Gasteiger partial charge is 0.497 e. The van der Waals surface area contributed by atoms with Crippen molar-refractivity contribution in [2.75, 3.05) is 32.2 Å². The maximum atomic E-state index is 12.6. The standard InChI is InChI=1S/C25H26N6O3/c1-33-17-10-8-15(9-11-17)22-29-23-21-18(16-13-34-14-16)5-4-7-19(21)27-25(31(23)30-22)28-20-6-2-3-12-26-24(20)32/h4-5,7-11,16,20H,2-3,6,12-14H2,1H3,(H,26,32)(H,27,28)/t20-/m1/s1. The highest BCUT2D eigenvalue weighted by atomic mass is 16.5. The van der Waals surface area contributed by atoms with Gasteiger partial charge in [-0.1, -0.05) is 12.1 Å². The zero-order valence-electron chi connectivity index (χ0n) is 19.0. The molecule has 0 radical (unpaired) electrons. The average Bonchev–Trinajstić information content (AvgIpc) is 3.18. The van der Waals surface area contributed by atoms with Crippen molar-refractivity contribution in [1.82, 2.24) is 24.9 Å². The van der Waals surface area contributed by atoms with Crippen molar-refractivity contribution in [3.05, 3.63) is 48.0 Å². The Morgan fingerprint density at radius 3 is 2.74 bits per heavy atom. The summed E-state index contributed by atoms with van der Waals surface area (Å²) < 4.78 is 12.5. The molecule has 2 fully saturated rings. The molecule has 4 heterocycles. The molecule has 34 heavy (non-hydrogen) atoms. The minimum absolute atomic E-state index is 0.0107. The summed E-state index contributed by atoms with van der Waals surface area (Å²) in [6.07, 6.45) is 2.68. The second kappa shape index (κ2) is 8.57. The maximum Gasteiger partial charge on any atom is 0.242 e. The summed E-state index contributed by atoms with van der Waals surface area (Å²) in [6.45, 7) is 2.08. The lowest BCUT2D eigenvalue weighted by Crippen LogP contribution is -2.38. The van der Waals surface area contributed by atoms with E-state index in [1.54, 1.807) is 11.6 Å². The molecule has 2 saturated heterocycles. The van der Waals surface area contributed by atoms with Crippen LogP contribution < -0.4 is 15.4 Å². The number of nitrogens with one attached hydrogen (secondary N) is 2. The Labute approximate surface area is 196 Å². The molecule has 0 saturated carbocycles. The molecule has 2 aliphatic heterocycles. The van der Waals surface area contributed by atoms with Crippen LogP contribution in [0.4, 0.5) is 5.95 Å². The van der Waals surface area contributed by atoms with Gasteiger partial charge < -0.3 is 20.1 Å². The number of anilines is 1. The predicted molar refractivity (Wildman–Crippen MR) is 128 cm³/mol. The number of nitrogens with zero attached hydrogens (tertiary/aromatic N) is 4. The monoisotopic (exact) mass is 458 g/mol. The number of fused-ring (bicyclic) bond motifs is 3. The van der Waals surface area contributed by atoms with Gasteiger partial charge in [-0.05, 0) is 55.2 Å². The van der Waals surface area contributed by atoms with Crippen LogP contribution in [0.2, 0.25) is 0 Å². The Bertz CT molecular complexity index is 1360. The molecule has 6 rings (SSSR count). The van der Waals surface area contributed by atoms with Crippen molar-refractivity contribution >= 4 is 28.4 Å². The molecule has 0 aliphatic carbocycles. The maximum absolute atomic E-state index is 12.6. The third kappa shape index (κ3) is 3.62.